The van der Waals surface area contributed by atoms with E-state index in [-0.39, 0.29) is 11.5 Å². The summed E-state index contributed by atoms with van der Waals surface area (Å²) in [7, 11) is 1.57. The number of amides is 1. The number of nitrogens with zero attached hydrogens (tertiary/aromatic N) is 4. The van der Waals surface area contributed by atoms with Gasteiger partial charge in [-0.25, -0.2) is 4.98 Å². The van der Waals surface area contributed by atoms with E-state index in [1.54, 1.807) is 31.5 Å². The Morgan fingerprint density at radius 1 is 1.28 bits per heavy atom. The Labute approximate surface area is 195 Å². The molecule has 0 atom stereocenters. The summed E-state index contributed by atoms with van der Waals surface area (Å²) in [5.74, 6) is 0.227. The molecule has 1 amide bonds. The molecule has 0 spiro atoms. The van der Waals surface area contributed by atoms with Crippen LogP contribution in [0.4, 0.5) is 5.82 Å². The Kier molecular flexibility index (Phi) is 7.53. The monoisotopic (exact) mass is 475 g/mol. The number of thiocarbonyl (C=S) groups is 1. The van der Waals surface area contributed by atoms with E-state index in [0.29, 0.717) is 46.0 Å². The van der Waals surface area contributed by atoms with Gasteiger partial charge in [-0.3, -0.25) is 23.8 Å². The first-order valence-corrected chi connectivity index (χ1v) is 11.6. The van der Waals surface area contributed by atoms with Crippen LogP contribution in [0.1, 0.15) is 5.56 Å². The molecule has 0 radical (unpaired) electrons. The van der Waals surface area contributed by atoms with E-state index < -0.39 is 0 Å². The van der Waals surface area contributed by atoms with E-state index in [2.05, 4.69) is 15.2 Å². The summed E-state index contributed by atoms with van der Waals surface area (Å²) in [5.41, 5.74) is 0.630. The van der Waals surface area contributed by atoms with Gasteiger partial charge in [-0.1, -0.05) is 30.0 Å². The highest BCUT2D eigenvalue weighted by molar-refractivity contribution is 8.26. The summed E-state index contributed by atoms with van der Waals surface area (Å²) in [6.07, 6.45) is 3.27. The molecule has 0 saturated carbocycles. The third-order valence-corrected chi connectivity index (χ3v) is 6.64. The van der Waals surface area contributed by atoms with E-state index in [9.17, 15) is 9.59 Å². The van der Waals surface area contributed by atoms with Gasteiger partial charge in [-0.15, -0.1) is 0 Å². The number of carbonyl (C=O) groups is 1. The zero-order valence-electron chi connectivity index (χ0n) is 17.8. The fourth-order valence-corrected chi connectivity index (χ4v) is 4.82. The molecule has 0 aliphatic carbocycles. The number of aromatic nitrogens is 2. The molecule has 32 heavy (non-hydrogen) atoms. The van der Waals surface area contributed by atoms with Gasteiger partial charge in [0.25, 0.3) is 11.5 Å². The fraction of sp³-hybridized carbons (Fsp3) is 0.429. The van der Waals surface area contributed by atoms with Crippen LogP contribution >= 0.6 is 24.0 Å². The van der Waals surface area contributed by atoms with Gasteiger partial charge in [0.05, 0.1) is 36.8 Å². The number of hydrogen-bond acceptors (Lipinski definition) is 9. The van der Waals surface area contributed by atoms with Crippen LogP contribution in [-0.2, 0) is 14.3 Å². The number of nitrogens with one attached hydrogen (secondary N) is 1. The van der Waals surface area contributed by atoms with Crippen molar-refractivity contribution in [1.82, 2.24) is 19.2 Å². The number of hydrogen-bond donors (Lipinski definition) is 1. The number of fused-ring (bicyclic) bond motifs is 1. The molecule has 4 rings (SSSR count). The van der Waals surface area contributed by atoms with Gasteiger partial charge in [-0.05, 0) is 18.2 Å². The van der Waals surface area contributed by atoms with Crippen LogP contribution in [0.15, 0.2) is 34.1 Å². The summed E-state index contributed by atoms with van der Waals surface area (Å²) in [6.45, 7) is 5.39. The van der Waals surface area contributed by atoms with E-state index in [0.717, 1.165) is 32.8 Å². The van der Waals surface area contributed by atoms with E-state index >= 15 is 0 Å². The SMILES string of the molecule is COCCN1C(=O)/C(=C/c2c(NCCN3CCOCC3)nc3ccccn3c2=O)SC1=S. The minimum atomic E-state index is -0.244. The molecule has 11 heteroatoms. The predicted octanol–water partition coefficient (Wildman–Crippen LogP) is 1.29. The van der Waals surface area contributed by atoms with Crippen molar-refractivity contribution in [3.63, 3.8) is 0 Å². The Morgan fingerprint density at radius 2 is 2.09 bits per heavy atom. The lowest BCUT2D eigenvalue weighted by Crippen LogP contribution is -2.39. The molecule has 0 aromatic carbocycles. The quantitative estimate of drug-likeness (QED) is 0.448. The Morgan fingerprint density at radius 3 is 2.88 bits per heavy atom. The topological polar surface area (TPSA) is 88.4 Å². The summed E-state index contributed by atoms with van der Waals surface area (Å²) in [5, 5.41) is 3.30. The van der Waals surface area contributed by atoms with Crippen LogP contribution in [0.2, 0.25) is 0 Å². The average Bonchev–Trinajstić information content (AvgIpc) is 3.07. The largest absolute Gasteiger partial charge is 0.383 e. The number of rotatable bonds is 8. The van der Waals surface area contributed by atoms with Crippen molar-refractivity contribution in [2.75, 3.05) is 65.0 Å². The molecule has 2 aromatic rings. The number of carbonyl (C=O) groups excluding carboxylic acids is 1. The van der Waals surface area contributed by atoms with Gasteiger partial charge in [-0.2, -0.15) is 0 Å². The third-order valence-electron chi connectivity index (χ3n) is 5.26. The second kappa shape index (κ2) is 10.5. The minimum Gasteiger partial charge on any atom is -0.383 e. The molecule has 2 aliphatic rings. The molecule has 2 aromatic heterocycles. The summed E-state index contributed by atoms with van der Waals surface area (Å²) >= 11 is 6.53. The third kappa shape index (κ3) is 5.02. The van der Waals surface area contributed by atoms with Crippen LogP contribution in [0.25, 0.3) is 11.7 Å². The Bertz CT molecular complexity index is 1100. The van der Waals surface area contributed by atoms with Crippen molar-refractivity contribution in [1.29, 1.82) is 0 Å². The lowest BCUT2D eigenvalue weighted by atomic mass is 10.2. The van der Waals surface area contributed by atoms with Crippen LogP contribution in [0, 0.1) is 0 Å². The van der Waals surface area contributed by atoms with Crippen LogP contribution in [0.5, 0.6) is 0 Å². The number of pyridine rings is 1. The highest BCUT2D eigenvalue weighted by atomic mass is 32.2. The smallest absolute Gasteiger partial charge is 0.267 e. The average molecular weight is 476 g/mol. The predicted molar refractivity (Wildman–Crippen MR) is 129 cm³/mol. The second-order valence-corrected chi connectivity index (χ2v) is 8.99. The highest BCUT2D eigenvalue weighted by Crippen LogP contribution is 2.32. The number of methoxy groups -OCH3 is 1. The van der Waals surface area contributed by atoms with Gasteiger partial charge < -0.3 is 14.8 Å². The first-order chi connectivity index (χ1) is 15.6. The highest BCUT2D eigenvalue weighted by Gasteiger charge is 2.32. The lowest BCUT2D eigenvalue weighted by Gasteiger charge is -2.26. The van der Waals surface area contributed by atoms with Gasteiger partial charge >= 0.3 is 0 Å². The molecular formula is C21H25N5O4S2. The Hall–Kier alpha value is -2.31. The molecule has 0 unspecified atom stereocenters. The van der Waals surface area contributed by atoms with E-state index in [1.807, 2.05) is 6.07 Å². The van der Waals surface area contributed by atoms with Crippen LogP contribution < -0.4 is 10.9 Å². The molecule has 170 valence electrons. The zero-order chi connectivity index (χ0) is 22.5. The molecule has 4 heterocycles. The first-order valence-electron chi connectivity index (χ1n) is 10.4. The molecular weight excluding hydrogens is 450 g/mol. The van der Waals surface area contributed by atoms with Gasteiger partial charge in [0.1, 0.15) is 15.8 Å². The number of anilines is 1. The van der Waals surface area contributed by atoms with E-state index in [1.165, 1.54) is 21.1 Å². The molecule has 9 nitrogen and oxygen atoms in total. The van der Waals surface area contributed by atoms with Crippen molar-refractivity contribution in [3.05, 3.63) is 45.2 Å². The van der Waals surface area contributed by atoms with Gasteiger partial charge in [0.2, 0.25) is 0 Å². The molecule has 2 fully saturated rings. The van der Waals surface area contributed by atoms with Crippen molar-refractivity contribution in [2.45, 2.75) is 0 Å². The Balaban J connectivity index is 1.63. The summed E-state index contributed by atoms with van der Waals surface area (Å²) in [6, 6.07) is 5.39. The van der Waals surface area contributed by atoms with Crippen molar-refractivity contribution in [3.8, 4) is 0 Å². The van der Waals surface area contributed by atoms with E-state index in [4.69, 9.17) is 21.7 Å². The van der Waals surface area contributed by atoms with Crippen molar-refractivity contribution in [2.24, 2.45) is 0 Å². The molecule has 2 aliphatic heterocycles. The number of morpholine rings is 1. The van der Waals surface area contributed by atoms with Gasteiger partial charge in [0.15, 0.2) is 0 Å². The summed E-state index contributed by atoms with van der Waals surface area (Å²) < 4.78 is 12.4. The first kappa shape index (κ1) is 22.9. The normalized spacial score (nSPS) is 18.8. The molecule has 0 bridgehead atoms. The maximum atomic E-state index is 13.3. The van der Waals surface area contributed by atoms with Crippen LogP contribution in [-0.4, -0.2) is 89.1 Å². The second-order valence-electron chi connectivity index (χ2n) is 7.32. The molecule has 2 saturated heterocycles. The van der Waals surface area contributed by atoms with Crippen molar-refractivity contribution >= 4 is 51.7 Å². The maximum Gasteiger partial charge on any atom is 0.267 e. The van der Waals surface area contributed by atoms with Crippen LogP contribution in [0.3, 0.4) is 0 Å². The van der Waals surface area contributed by atoms with Crippen molar-refractivity contribution < 1.29 is 14.3 Å². The zero-order valence-corrected chi connectivity index (χ0v) is 19.4. The summed E-state index contributed by atoms with van der Waals surface area (Å²) in [4.78, 5) is 35.0. The molecule has 1 N–H and O–H groups in total. The number of ether oxygens (including phenoxy) is 2. The van der Waals surface area contributed by atoms with Gasteiger partial charge in [0, 0.05) is 39.5 Å². The lowest BCUT2D eigenvalue weighted by molar-refractivity contribution is -0.122. The standard InChI is InChI=1S/C21H25N5O4S2/c1-29-11-10-26-20(28)16(32-21(26)31)14-15-18(22-5-7-24-8-12-30-13-9-24)23-17-4-2-3-6-25(17)19(15)27/h2-4,6,14,22H,5,7-13H2,1H3/b16-14-. The minimum absolute atomic E-state index is 0.228. The number of thioether (sulfide) groups is 1. The fourth-order valence-electron chi connectivity index (χ4n) is 3.53. The maximum absolute atomic E-state index is 13.3.